The van der Waals surface area contributed by atoms with Crippen LogP contribution in [0.2, 0.25) is 0 Å². The Morgan fingerprint density at radius 3 is 2.52 bits per heavy atom. The molecular formula is C16H18N2O2S. The summed E-state index contributed by atoms with van der Waals surface area (Å²) in [5.74, 6) is -0.769. The average molecular weight is 302 g/mol. The Bertz CT molecular complexity index is 612. The van der Waals surface area contributed by atoms with E-state index in [1.54, 1.807) is 11.3 Å². The summed E-state index contributed by atoms with van der Waals surface area (Å²) in [6.07, 6.45) is 2.74. The molecule has 1 aromatic heterocycles. The Hall–Kier alpha value is -1.88. The lowest BCUT2D eigenvalue weighted by Gasteiger charge is -2.18. The van der Waals surface area contributed by atoms with Crippen LogP contribution in [-0.4, -0.2) is 29.1 Å². The van der Waals surface area contributed by atoms with Crippen LogP contribution in [-0.2, 0) is 24.1 Å². The molecule has 1 aromatic carbocycles. The molecule has 0 amide bonds. The molecule has 21 heavy (non-hydrogen) atoms. The normalized spacial score (nSPS) is 14.6. The van der Waals surface area contributed by atoms with Gasteiger partial charge in [-0.25, -0.2) is 4.98 Å². The first-order chi connectivity index (χ1) is 10.2. The summed E-state index contributed by atoms with van der Waals surface area (Å²) >= 11 is 1.62. The summed E-state index contributed by atoms with van der Waals surface area (Å²) in [5.41, 5.74) is 3.75. The van der Waals surface area contributed by atoms with Gasteiger partial charge in [-0.2, -0.15) is 0 Å². The number of hydrogen-bond donors (Lipinski definition) is 1. The van der Waals surface area contributed by atoms with E-state index in [-0.39, 0.29) is 6.42 Å². The Morgan fingerprint density at radius 2 is 1.90 bits per heavy atom. The second-order valence-corrected chi connectivity index (χ2v) is 6.11. The van der Waals surface area contributed by atoms with E-state index in [0.29, 0.717) is 6.42 Å². The van der Waals surface area contributed by atoms with Crippen LogP contribution in [0.15, 0.2) is 29.6 Å². The highest BCUT2D eigenvalue weighted by Gasteiger charge is 2.16. The number of hydrogen-bond acceptors (Lipinski definition) is 4. The molecule has 3 rings (SSSR count). The summed E-state index contributed by atoms with van der Waals surface area (Å²) < 4.78 is 0. The third kappa shape index (κ3) is 3.42. The molecule has 0 bridgehead atoms. The molecule has 110 valence electrons. The number of carboxylic acids is 1. The predicted octanol–water partition coefficient (Wildman–Crippen LogP) is 2.77. The number of aliphatic carboxylic acids is 1. The fourth-order valence-corrected chi connectivity index (χ4v) is 3.56. The van der Waals surface area contributed by atoms with Crippen LogP contribution in [0.4, 0.5) is 5.13 Å². The van der Waals surface area contributed by atoms with Crippen molar-refractivity contribution in [3.05, 3.63) is 46.5 Å². The van der Waals surface area contributed by atoms with Crippen molar-refractivity contribution in [2.24, 2.45) is 0 Å². The zero-order valence-corrected chi connectivity index (χ0v) is 12.6. The minimum atomic E-state index is -0.769. The van der Waals surface area contributed by atoms with Crippen molar-refractivity contribution in [3.63, 3.8) is 0 Å². The highest BCUT2D eigenvalue weighted by atomic mass is 32.1. The van der Waals surface area contributed by atoms with Gasteiger partial charge in [0.05, 0.1) is 12.1 Å². The summed E-state index contributed by atoms with van der Waals surface area (Å²) in [4.78, 5) is 17.5. The van der Waals surface area contributed by atoms with Crippen LogP contribution in [0, 0.1) is 0 Å². The maximum absolute atomic E-state index is 10.6. The lowest BCUT2D eigenvalue weighted by Crippen LogP contribution is -2.25. The van der Waals surface area contributed by atoms with Gasteiger partial charge in [0.25, 0.3) is 0 Å². The second kappa shape index (κ2) is 6.26. The number of thiazole rings is 1. The van der Waals surface area contributed by atoms with Crippen molar-refractivity contribution in [2.75, 3.05) is 18.0 Å². The molecule has 5 heteroatoms. The van der Waals surface area contributed by atoms with Crippen molar-refractivity contribution in [3.8, 4) is 0 Å². The van der Waals surface area contributed by atoms with Gasteiger partial charge in [-0.15, -0.1) is 11.3 Å². The van der Waals surface area contributed by atoms with Crippen LogP contribution in [0.25, 0.3) is 0 Å². The topological polar surface area (TPSA) is 53.4 Å². The third-order valence-corrected chi connectivity index (χ3v) is 4.78. The summed E-state index contributed by atoms with van der Waals surface area (Å²) in [7, 11) is 0. The monoisotopic (exact) mass is 302 g/mol. The number of benzene rings is 1. The largest absolute Gasteiger partial charge is 0.481 e. The van der Waals surface area contributed by atoms with E-state index < -0.39 is 5.97 Å². The Labute approximate surface area is 128 Å². The van der Waals surface area contributed by atoms with Crippen LogP contribution in [0.3, 0.4) is 0 Å². The summed E-state index contributed by atoms with van der Waals surface area (Å²) in [6, 6.07) is 8.61. The van der Waals surface area contributed by atoms with Crippen molar-refractivity contribution in [1.29, 1.82) is 0 Å². The Morgan fingerprint density at radius 1 is 1.24 bits per heavy atom. The first kappa shape index (κ1) is 14.1. The zero-order chi connectivity index (χ0) is 14.7. The van der Waals surface area contributed by atoms with Crippen molar-refractivity contribution in [2.45, 2.75) is 25.7 Å². The van der Waals surface area contributed by atoms with E-state index in [4.69, 9.17) is 5.11 Å². The lowest BCUT2D eigenvalue weighted by molar-refractivity contribution is -0.136. The smallest absolute Gasteiger partial charge is 0.303 e. The van der Waals surface area contributed by atoms with E-state index in [2.05, 4.69) is 34.1 Å². The van der Waals surface area contributed by atoms with E-state index in [1.165, 1.54) is 11.1 Å². The van der Waals surface area contributed by atoms with Gasteiger partial charge in [-0.05, 0) is 24.0 Å². The van der Waals surface area contributed by atoms with Gasteiger partial charge < -0.3 is 10.0 Å². The maximum atomic E-state index is 10.6. The SMILES string of the molecule is O=C(O)CCc1csc(N2CCc3ccccc3CC2)n1. The molecule has 1 aliphatic rings. The number of fused-ring (bicyclic) bond motifs is 1. The van der Waals surface area contributed by atoms with Gasteiger partial charge in [0.15, 0.2) is 5.13 Å². The zero-order valence-electron chi connectivity index (χ0n) is 11.8. The van der Waals surface area contributed by atoms with Crippen LogP contribution >= 0.6 is 11.3 Å². The number of anilines is 1. The van der Waals surface area contributed by atoms with Crippen LogP contribution in [0.5, 0.6) is 0 Å². The standard InChI is InChI=1S/C16H18N2O2S/c19-15(20)6-5-14-11-21-16(17-14)18-9-7-12-3-1-2-4-13(12)8-10-18/h1-4,11H,5-10H2,(H,19,20). The van der Waals surface area contributed by atoms with E-state index in [1.807, 2.05) is 5.38 Å². The lowest BCUT2D eigenvalue weighted by atomic mass is 10.0. The van der Waals surface area contributed by atoms with Gasteiger partial charge >= 0.3 is 5.97 Å². The molecule has 0 fully saturated rings. The highest BCUT2D eigenvalue weighted by molar-refractivity contribution is 7.13. The minimum Gasteiger partial charge on any atom is -0.481 e. The number of carbonyl (C=O) groups is 1. The molecule has 0 unspecified atom stereocenters. The van der Waals surface area contributed by atoms with Gasteiger partial charge in [-0.3, -0.25) is 4.79 Å². The molecule has 0 saturated carbocycles. The Kier molecular flexibility index (Phi) is 4.20. The molecule has 1 aliphatic heterocycles. The van der Waals surface area contributed by atoms with Crippen LogP contribution in [0.1, 0.15) is 23.2 Å². The van der Waals surface area contributed by atoms with Gasteiger partial charge in [0.2, 0.25) is 0 Å². The average Bonchev–Trinajstić information content (AvgIpc) is 2.85. The number of aryl methyl sites for hydroxylation is 1. The highest BCUT2D eigenvalue weighted by Crippen LogP contribution is 2.24. The quantitative estimate of drug-likeness (QED) is 0.943. The van der Waals surface area contributed by atoms with Crippen molar-refractivity contribution < 1.29 is 9.90 Å². The van der Waals surface area contributed by atoms with E-state index in [9.17, 15) is 4.79 Å². The first-order valence-corrected chi connectivity index (χ1v) is 8.08. The fourth-order valence-electron chi connectivity index (χ4n) is 2.65. The number of aromatic nitrogens is 1. The molecular weight excluding hydrogens is 284 g/mol. The molecule has 1 N–H and O–H groups in total. The second-order valence-electron chi connectivity index (χ2n) is 5.27. The molecule has 0 aliphatic carbocycles. The summed E-state index contributed by atoms with van der Waals surface area (Å²) in [5, 5.41) is 11.7. The molecule has 4 nitrogen and oxygen atoms in total. The van der Waals surface area contributed by atoms with Crippen molar-refractivity contribution in [1.82, 2.24) is 4.98 Å². The molecule has 0 saturated heterocycles. The summed E-state index contributed by atoms with van der Waals surface area (Å²) in [6.45, 7) is 1.95. The Balaban J connectivity index is 1.67. The first-order valence-electron chi connectivity index (χ1n) is 7.20. The molecule has 2 heterocycles. The van der Waals surface area contributed by atoms with Gasteiger partial charge in [0.1, 0.15) is 0 Å². The fraction of sp³-hybridized carbons (Fsp3) is 0.375. The molecule has 0 atom stereocenters. The van der Waals surface area contributed by atoms with Gasteiger partial charge in [-0.1, -0.05) is 24.3 Å². The third-order valence-electron chi connectivity index (χ3n) is 3.83. The van der Waals surface area contributed by atoms with Gasteiger partial charge in [0, 0.05) is 24.9 Å². The van der Waals surface area contributed by atoms with Crippen LogP contribution < -0.4 is 4.90 Å². The predicted molar refractivity (Wildman–Crippen MR) is 84.1 cm³/mol. The number of nitrogens with zero attached hydrogens (tertiary/aromatic N) is 2. The number of rotatable bonds is 4. The van der Waals surface area contributed by atoms with Crippen molar-refractivity contribution >= 4 is 22.4 Å². The maximum Gasteiger partial charge on any atom is 0.303 e. The van der Waals surface area contributed by atoms with E-state index in [0.717, 1.165) is 36.8 Å². The number of carboxylic acid groups (broad SMARTS) is 1. The molecule has 2 aromatic rings. The molecule has 0 radical (unpaired) electrons. The van der Waals surface area contributed by atoms with E-state index >= 15 is 0 Å². The molecule has 0 spiro atoms. The minimum absolute atomic E-state index is 0.147.